The maximum Gasteiger partial charge on any atom is 0.408 e. The van der Waals surface area contributed by atoms with E-state index in [0.717, 1.165) is 42.9 Å². The molecule has 0 unspecified atom stereocenters. The van der Waals surface area contributed by atoms with Gasteiger partial charge in [-0.15, -0.1) is 0 Å². The van der Waals surface area contributed by atoms with E-state index in [2.05, 4.69) is 57.2 Å². The lowest BCUT2D eigenvalue weighted by molar-refractivity contribution is -0.123. The summed E-state index contributed by atoms with van der Waals surface area (Å²) in [6.45, 7) is 2.97. The topological polar surface area (TPSA) is 82.7 Å². The predicted octanol–water partition coefficient (Wildman–Crippen LogP) is 6.25. The average Bonchev–Trinajstić information content (AvgIpc) is 3.05. The van der Waals surface area contributed by atoms with Crippen LogP contribution in [0.2, 0.25) is 0 Å². The fourth-order valence-electron chi connectivity index (χ4n) is 5.11. The van der Waals surface area contributed by atoms with Crippen LogP contribution in [-0.2, 0) is 22.6 Å². The Morgan fingerprint density at radius 3 is 2.17 bits per heavy atom. The van der Waals surface area contributed by atoms with E-state index in [4.69, 9.17) is 4.74 Å². The van der Waals surface area contributed by atoms with Crippen LogP contribution in [0.4, 0.5) is 16.2 Å². The van der Waals surface area contributed by atoms with Crippen molar-refractivity contribution < 1.29 is 14.3 Å². The fraction of sp³-hybridized carbons (Fsp3) is 0.412. The van der Waals surface area contributed by atoms with E-state index < -0.39 is 12.1 Å². The third-order valence-corrected chi connectivity index (χ3v) is 8.19. The van der Waals surface area contributed by atoms with Gasteiger partial charge in [0.15, 0.2) is 0 Å². The summed E-state index contributed by atoms with van der Waals surface area (Å²) in [4.78, 5) is 28.5. The average molecular weight is 589 g/mol. The van der Waals surface area contributed by atoms with Crippen molar-refractivity contribution in [1.82, 2.24) is 10.6 Å². The predicted molar refractivity (Wildman–Crippen MR) is 174 cm³/mol. The van der Waals surface area contributed by atoms with Crippen molar-refractivity contribution in [2.75, 3.05) is 41.9 Å². The number of amides is 2. The normalized spacial score (nSPS) is 14.5. The zero-order valence-electron chi connectivity index (χ0n) is 24.6. The molecule has 42 heavy (non-hydrogen) atoms. The van der Waals surface area contributed by atoms with Crippen molar-refractivity contribution in [2.24, 2.45) is 0 Å². The third kappa shape index (κ3) is 10.6. The van der Waals surface area contributed by atoms with Crippen LogP contribution in [0.3, 0.4) is 0 Å². The number of ether oxygens (including phenoxy) is 1. The molecule has 3 N–H and O–H groups in total. The molecule has 0 radical (unpaired) electrons. The molecule has 1 aliphatic rings. The Morgan fingerprint density at radius 2 is 1.50 bits per heavy atom. The summed E-state index contributed by atoms with van der Waals surface area (Å²) in [5.41, 5.74) is 4.41. The van der Waals surface area contributed by atoms with Crippen LogP contribution >= 0.6 is 11.8 Å². The molecule has 2 atom stereocenters. The summed E-state index contributed by atoms with van der Waals surface area (Å²) in [6, 6.07) is 27.6. The Balaban J connectivity index is 1.36. The zero-order chi connectivity index (χ0) is 29.4. The van der Waals surface area contributed by atoms with Gasteiger partial charge in [-0.05, 0) is 85.9 Å². The van der Waals surface area contributed by atoms with Crippen LogP contribution in [-0.4, -0.2) is 55.7 Å². The Labute approximate surface area is 254 Å². The Kier molecular flexibility index (Phi) is 12.9. The molecule has 0 saturated carbocycles. The summed E-state index contributed by atoms with van der Waals surface area (Å²) < 4.78 is 5.41. The second-order valence-corrected chi connectivity index (χ2v) is 11.7. The molecule has 7 nitrogen and oxygen atoms in total. The van der Waals surface area contributed by atoms with Gasteiger partial charge in [0.05, 0.1) is 0 Å². The van der Waals surface area contributed by atoms with E-state index in [1.807, 2.05) is 54.8 Å². The minimum atomic E-state index is -0.677. The number of hydrogen-bond acceptors (Lipinski definition) is 6. The molecule has 3 aromatic carbocycles. The highest BCUT2D eigenvalue weighted by Gasteiger charge is 2.24. The first-order chi connectivity index (χ1) is 20.6. The first kappa shape index (κ1) is 31.3. The van der Waals surface area contributed by atoms with E-state index in [-0.39, 0.29) is 18.6 Å². The molecular formula is C34H44N4O3S. The van der Waals surface area contributed by atoms with Gasteiger partial charge in [-0.3, -0.25) is 4.79 Å². The first-order valence-corrected chi connectivity index (χ1v) is 16.4. The minimum absolute atomic E-state index is 0.126. The molecule has 4 rings (SSSR count). The number of rotatable bonds is 15. The number of nitrogens with one attached hydrogen (secondary N) is 3. The molecule has 8 heteroatoms. The minimum Gasteiger partial charge on any atom is -0.445 e. The van der Waals surface area contributed by atoms with Gasteiger partial charge in [-0.25, -0.2) is 4.79 Å². The van der Waals surface area contributed by atoms with Gasteiger partial charge in [-0.2, -0.15) is 11.8 Å². The van der Waals surface area contributed by atoms with Crippen LogP contribution in [0.5, 0.6) is 0 Å². The molecule has 0 aliphatic carbocycles. The number of anilines is 2. The number of nitrogens with zero attached hydrogens (tertiary/aromatic N) is 1. The van der Waals surface area contributed by atoms with E-state index in [1.54, 1.807) is 11.8 Å². The number of carbonyl (C=O) groups excluding carboxylic acids is 2. The molecule has 1 aliphatic heterocycles. The van der Waals surface area contributed by atoms with Gasteiger partial charge in [0.2, 0.25) is 5.91 Å². The summed E-state index contributed by atoms with van der Waals surface area (Å²) in [5.74, 6) is 0.550. The third-order valence-electron chi connectivity index (χ3n) is 7.54. The number of benzene rings is 3. The van der Waals surface area contributed by atoms with E-state index in [9.17, 15) is 9.59 Å². The van der Waals surface area contributed by atoms with Gasteiger partial charge in [-0.1, -0.05) is 60.7 Å². The summed E-state index contributed by atoms with van der Waals surface area (Å²) in [6.07, 6.45) is 7.34. The Hall–Kier alpha value is -3.65. The van der Waals surface area contributed by atoms with E-state index in [1.165, 1.54) is 30.5 Å². The molecule has 3 aromatic rings. The summed E-state index contributed by atoms with van der Waals surface area (Å²) >= 11 is 1.64. The van der Waals surface area contributed by atoms with Crippen LogP contribution < -0.4 is 20.9 Å². The van der Waals surface area contributed by atoms with Crippen molar-refractivity contribution in [1.29, 1.82) is 0 Å². The van der Waals surface area contributed by atoms with Crippen LogP contribution in [0.1, 0.15) is 43.2 Å². The largest absolute Gasteiger partial charge is 0.445 e. The van der Waals surface area contributed by atoms with Gasteiger partial charge in [0.1, 0.15) is 12.6 Å². The molecule has 0 bridgehead atoms. The quantitative estimate of drug-likeness (QED) is 0.195. The molecule has 1 saturated heterocycles. The maximum absolute atomic E-state index is 13.5. The highest BCUT2D eigenvalue weighted by molar-refractivity contribution is 7.98. The lowest BCUT2D eigenvalue weighted by atomic mass is 10.0. The number of piperidine rings is 1. The summed E-state index contributed by atoms with van der Waals surface area (Å²) in [5, 5.41) is 9.55. The van der Waals surface area contributed by atoms with Crippen molar-refractivity contribution in [3.8, 4) is 0 Å². The first-order valence-electron chi connectivity index (χ1n) is 15.0. The van der Waals surface area contributed by atoms with Crippen molar-refractivity contribution in [3.63, 3.8) is 0 Å². The molecule has 2 amide bonds. The molecule has 1 fully saturated rings. The number of alkyl carbamates (subject to hydrolysis) is 1. The number of hydrogen-bond donors (Lipinski definition) is 3. The van der Waals surface area contributed by atoms with Crippen LogP contribution in [0.25, 0.3) is 0 Å². The highest BCUT2D eigenvalue weighted by atomic mass is 32.2. The monoisotopic (exact) mass is 588 g/mol. The summed E-state index contributed by atoms with van der Waals surface area (Å²) in [7, 11) is 0. The van der Waals surface area contributed by atoms with Gasteiger partial charge in [0, 0.05) is 37.1 Å². The lowest BCUT2D eigenvalue weighted by Gasteiger charge is -2.29. The second kappa shape index (κ2) is 17.3. The fourth-order valence-corrected chi connectivity index (χ4v) is 5.58. The standard InChI is InChI=1S/C34H44N4O3S/c1-42-24-21-32(37-34(40)41-26-28-13-7-3-8-14-28)33(39)36-30(16-15-27-11-5-2-6-12-27)25-35-29-17-19-31(20-18-29)38-22-9-4-10-23-38/h2-3,5-8,11-14,17-20,30,32,35H,4,9-10,15-16,21-26H2,1H3,(H,36,39)(H,37,40)/t30-,32-/m0/s1. The van der Waals surface area contributed by atoms with E-state index in [0.29, 0.717) is 13.0 Å². The number of carbonyl (C=O) groups is 2. The molecule has 0 spiro atoms. The van der Waals surface area contributed by atoms with Crippen LogP contribution in [0.15, 0.2) is 84.9 Å². The Morgan fingerprint density at radius 1 is 0.833 bits per heavy atom. The van der Waals surface area contributed by atoms with Crippen molar-refractivity contribution in [2.45, 2.75) is 57.2 Å². The van der Waals surface area contributed by atoms with Gasteiger partial charge in [0.25, 0.3) is 0 Å². The van der Waals surface area contributed by atoms with Crippen molar-refractivity contribution in [3.05, 3.63) is 96.1 Å². The number of aryl methyl sites for hydroxylation is 1. The van der Waals surface area contributed by atoms with Gasteiger partial charge >= 0.3 is 6.09 Å². The molecule has 0 aromatic heterocycles. The molecular weight excluding hydrogens is 544 g/mol. The Bertz CT molecular complexity index is 1200. The highest BCUT2D eigenvalue weighted by Crippen LogP contribution is 2.22. The SMILES string of the molecule is CSCC[C@H](NC(=O)OCc1ccccc1)C(=O)N[C@@H](CCc1ccccc1)CNc1ccc(N2CCCCC2)cc1. The molecule has 224 valence electrons. The maximum atomic E-state index is 13.5. The zero-order valence-corrected chi connectivity index (χ0v) is 25.4. The molecule has 1 heterocycles. The van der Waals surface area contributed by atoms with Gasteiger partial charge < -0.3 is 25.6 Å². The van der Waals surface area contributed by atoms with Crippen LogP contribution in [0, 0.1) is 0 Å². The second-order valence-electron chi connectivity index (χ2n) is 10.7. The number of thioether (sulfide) groups is 1. The lowest BCUT2D eigenvalue weighted by Crippen LogP contribution is -2.51. The van der Waals surface area contributed by atoms with Crippen molar-refractivity contribution >= 4 is 35.1 Å². The van der Waals surface area contributed by atoms with E-state index >= 15 is 0 Å². The smallest absolute Gasteiger partial charge is 0.408 e.